The number of carbonyl (C=O) groups is 4. The molecule has 23 heavy (non-hydrogen) atoms. The van der Waals surface area contributed by atoms with Crippen molar-refractivity contribution in [2.24, 2.45) is 11.8 Å². The van der Waals surface area contributed by atoms with E-state index in [9.17, 15) is 19.2 Å². The van der Waals surface area contributed by atoms with Gasteiger partial charge in [-0.15, -0.1) is 0 Å². The van der Waals surface area contributed by atoms with Crippen LogP contribution < -0.4 is 0 Å². The Morgan fingerprint density at radius 2 is 0.913 bits per heavy atom. The minimum atomic E-state index is -0.561. The van der Waals surface area contributed by atoms with Gasteiger partial charge < -0.3 is 0 Å². The Balaban J connectivity index is -0.000000333. The zero-order chi connectivity index (χ0) is 17.7. The van der Waals surface area contributed by atoms with Crippen molar-refractivity contribution in [3.05, 3.63) is 0 Å². The van der Waals surface area contributed by atoms with Gasteiger partial charge in [0.05, 0.1) is 24.0 Å². The zero-order valence-corrected chi connectivity index (χ0v) is 14.8. The number of nitrogens with zero attached hydrogens (tertiary/aromatic N) is 2. The van der Waals surface area contributed by atoms with E-state index in [0.29, 0.717) is 12.8 Å². The first kappa shape index (κ1) is 26.1. The van der Waals surface area contributed by atoms with E-state index in [4.69, 9.17) is 10.5 Å². The standard InChI is InChI=1S/2C8H11NO2.Cu/c2*1-6(10)8(7(2)11)4-3-5-9;/h2*8H,3-4H2,1-2H3;. The van der Waals surface area contributed by atoms with E-state index in [1.54, 1.807) is 0 Å². The van der Waals surface area contributed by atoms with Crippen LogP contribution in [-0.4, -0.2) is 23.1 Å². The normalized spacial score (nSPS) is 8.87. The number of nitriles is 2. The third-order valence-electron chi connectivity index (χ3n) is 3.05. The molecule has 0 unspecified atom stereocenters. The molecule has 0 N–H and O–H groups in total. The fourth-order valence-corrected chi connectivity index (χ4v) is 1.80. The summed E-state index contributed by atoms with van der Waals surface area (Å²) in [6.45, 7) is 5.51. The first-order valence-electron chi connectivity index (χ1n) is 6.94. The predicted octanol–water partition coefficient (Wildman–Crippen LogP) is 2.17. The molecule has 0 saturated carbocycles. The van der Waals surface area contributed by atoms with Crippen molar-refractivity contribution in [2.45, 2.75) is 53.4 Å². The summed E-state index contributed by atoms with van der Waals surface area (Å²) >= 11 is 0. The Bertz CT molecular complexity index is 429. The van der Waals surface area contributed by atoms with Crippen LogP contribution in [0.25, 0.3) is 0 Å². The third-order valence-corrected chi connectivity index (χ3v) is 3.05. The van der Waals surface area contributed by atoms with Crippen LogP contribution in [0.15, 0.2) is 0 Å². The Morgan fingerprint density at radius 1 is 0.696 bits per heavy atom. The van der Waals surface area contributed by atoms with E-state index in [1.807, 2.05) is 12.1 Å². The van der Waals surface area contributed by atoms with Gasteiger partial charge in [-0.2, -0.15) is 10.5 Å². The molecule has 0 bridgehead atoms. The summed E-state index contributed by atoms with van der Waals surface area (Å²) in [6.07, 6.45) is 1.26. The molecule has 0 aromatic carbocycles. The molecule has 7 heteroatoms. The maximum Gasteiger partial charge on any atom is 0.140 e. The molecule has 0 aromatic heterocycles. The minimum absolute atomic E-state index is 0. The Kier molecular flexibility index (Phi) is 17.1. The van der Waals surface area contributed by atoms with Crippen LogP contribution in [-0.2, 0) is 36.2 Å². The summed E-state index contributed by atoms with van der Waals surface area (Å²) < 4.78 is 0. The van der Waals surface area contributed by atoms with E-state index < -0.39 is 11.8 Å². The summed E-state index contributed by atoms with van der Waals surface area (Å²) in [4.78, 5) is 43.0. The molecule has 0 spiro atoms. The Hall–Kier alpha value is -1.82. The number of carbonyl (C=O) groups excluding carboxylic acids is 4. The molecular formula is C16H22CuN2O4. The van der Waals surface area contributed by atoms with Gasteiger partial charge in [-0.3, -0.25) is 19.2 Å². The number of Topliss-reactive ketones (excluding diaryl/α,β-unsaturated/α-hetero) is 4. The molecule has 0 aliphatic heterocycles. The maximum absolute atomic E-state index is 10.8. The molecule has 0 aliphatic rings. The number of hydrogen-bond donors (Lipinski definition) is 0. The smallest absolute Gasteiger partial charge is 0.140 e. The van der Waals surface area contributed by atoms with Gasteiger partial charge >= 0.3 is 0 Å². The van der Waals surface area contributed by atoms with Crippen molar-refractivity contribution < 1.29 is 36.2 Å². The fourth-order valence-electron chi connectivity index (χ4n) is 1.80. The number of ketones is 4. The van der Waals surface area contributed by atoms with Crippen LogP contribution in [0.5, 0.6) is 0 Å². The molecule has 0 atom stereocenters. The van der Waals surface area contributed by atoms with E-state index in [2.05, 4.69) is 0 Å². The second kappa shape index (κ2) is 15.1. The SMILES string of the molecule is CC(=O)C(CCC#N)C(C)=O.CC(=O)C(CCC#N)C(C)=O.[Cu]. The minimum Gasteiger partial charge on any atom is -0.299 e. The van der Waals surface area contributed by atoms with E-state index in [-0.39, 0.29) is 53.0 Å². The van der Waals surface area contributed by atoms with E-state index in [1.165, 1.54) is 27.7 Å². The van der Waals surface area contributed by atoms with Gasteiger partial charge in [0, 0.05) is 29.9 Å². The van der Waals surface area contributed by atoms with E-state index >= 15 is 0 Å². The van der Waals surface area contributed by atoms with Crippen molar-refractivity contribution in [3.63, 3.8) is 0 Å². The summed E-state index contributed by atoms with van der Waals surface area (Å²) in [5, 5.41) is 16.4. The molecule has 6 nitrogen and oxygen atoms in total. The summed E-state index contributed by atoms with van der Waals surface area (Å²) in [6, 6.07) is 3.81. The van der Waals surface area contributed by atoms with Crippen LogP contribution in [0.2, 0.25) is 0 Å². The molecule has 0 saturated heterocycles. The summed E-state index contributed by atoms with van der Waals surface area (Å²) in [5.74, 6) is -1.70. The van der Waals surface area contributed by atoms with Crippen molar-refractivity contribution in [2.75, 3.05) is 0 Å². The quantitative estimate of drug-likeness (QED) is 0.478. The van der Waals surface area contributed by atoms with Crippen molar-refractivity contribution in [1.29, 1.82) is 10.5 Å². The topological polar surface area (TPSA) is 116 Å². The van der Waals surface area contributed by atoms with Crippen LogP contribution in [0, 0.1) is 34.5 Å². The molecule has 1 radical (unpaired) electrons. The molecule has 0 heterocycles. The van der Waals surface area contributed by atoms with Crippen LogP contribution in [0.3, 0.4) is 0 Å². The Morgan fingerprint density at radius 3 is 1.04 bits per heavy atom. The van der Waals surface area contributed by atoms with E-state index in [0.717, 1.165) is 0 Å². The fraction of sp³-hybridized carbons (Fsp3) is 0.625. The van der Waals surface area contributed by atoms with Crippen molar-refractivity contribution >= 4 is 23.1 Å². The predicted molar refractivity (Wildman–Crippen MR) is 79.4 cm³/mol. The molecule has 0 fully saturated rings. The first-order valence-corrected chi connectivity index (χ1v) is 6.94. The first-order chi connectivity index (χ1) is 10.2. The van der Waals surface area contributed by atoms with Gasteiger partial charge in [0.15, 0.2) is 0 Å². The zero-order valence-electron chi connectivity index (χ0n) is 13.8. The Labute approximate surface area is 147 Å². The van der Waals surface area contributed by atoms with Gasteiger partial charge in [0.1, 0.15) is 23.1 Å². The average Bonchev–Trinajstić information content (AvgIpc) is 2.38. The second-order valence-electron chi connectivity index (χ2n) is 4.94. The average molecular weight is 370 g/mol. The van der Waals surface area contributed by atoms with Crippen LogP contribution in [0.1, 0.15) is 53.4 Å². The van der Waals surface area contributed by atoms with Gasteiger partial charge in [-0.05, 0) is 40.5 Å². The van der Waals surface area contributed by atoms with Crippen LogP contribution in [0.4, 0.5) is 0 Å². The molecule has 0 aromatic rings. The monoisotopic (exact) mass is 369 g/mol. The van der Waals surface area contributed by atoms with Crippen molar-refractivity contribution in [1.82, 2.24) is 0 Å². The molecule has 0 rings (SSSR count). The maximum atomic E-state index is 10.8. The molecule has 131 valence electrons. The van der Waals surface area contributed by atoms with Gasteiger partial charge in [0.25, 0.3) is 0 Å². The van der Waals surface area contributed by atoms with Crippen molar-refractivity contribution in [3.8, 4) is 12.1 Å². The second-order valence-corrected chi connectivity index (χ2v) is 4.94. The largest absolute Gasteiger partial charge is 0.299 e. The molecule has 0 amide bonds. The third kappa shape index (κ3) is 13.6. The van der Waals surface area contributed by atoms with Gasteiger partial charge in [-0.25, -0.2) is 0 Å². The number of hydrogen-bond acceptors (Lipinski definition) is 6. The van der Waals surface area contributed by atoms with Gasteiger partial charge in [-0.1, -0.05) is 0 Å². The number of rotatable bonds is 8. The van der Waals surface area contributed by atoms with Gasteiger partial charge in [0.2, 0.25) is 0 Å². The summed E-state index contributed by atoms with van der Waals surface area (Å²) in [7, 11) is 0. The summed E-state index contributed by atoms with van der Waals surface area (Å²) in [5.41, 5.74) is 0. The molecular weight excluding hydrogens is 348 g/mol. The van der Waals surface area contributed by atoms with Crippen LogP contribution >= 0.6 is 0 Å². The molecule has 0 aliphatic carbocycles.